The number of amides is 21. The van der Waals surface area contributed by atoms with Crippen LogP contribution in [0.25, 0.3) is 0 Å². The second-order valence-corrected chi connectivity index (χ2v) is 37.0. The van der Waals surface area contributed by atoms with Gasteiger partial charge in [-0.3, -0.25) is 105 Å². The predicted molar refractivity (Wildman–Crippen MR) is 513 cm³/mol. The van der Waals surface area contributed by atoms with Crippen LogP contribution in [0, 0.1) is 5.92 Å². The average molecular weight is 2070 g/mol. The van der Waals surface area contributed by atoms with E-state index in [1.807, 2.05) is 5.32 Å². The fourth-order valence-electron chi connectivity index (χ4n) is 16.2. The molecule has 4 heterocycles. The predicted octanol–water partition coefficient (Wildman–Crippen LogP) is -8.81. The third-order valence-electron chi connectivity index (χ3n) is 23.8. The monoisotopic (exact) mass is 2060 g/mol. The van der Waals surface area contributed by atoms with Crippen molar-refractivity contribution >= 4 is 148 Å². The van der Waals surface area contributed by atoms with Crippen LogP contribution in [0.15, 0.2) is 85.3 Å². The minimum absolute atomic E-state index is 0.00151. The van der Waals surface area contributed by atoms with Gasteiger partial charge in [0.15, 0.2) is 0 Å². The average Bonchev–Trinajstić information content (AvgIpc) is 1.64. The molecule has 54 heteroatoms. The number of thioether (sulfide) groups is 1. The maximum absolute atomic E-state index is 15.1. The van der Waals surface area contributed by atoms with Gasteiger partial charge in [-0.2, -0.15) is 11.8 Å². The van der Waals surface area contributed by atoms with E-state index in [9.17, 15) is 122 Å². The summed E-state index contributed by atoms with van der Waals surface area (Å²) in [6, 6.07) is -11.4. The van der Waals surface area contributed by atoms with Gasteiger partial charge in [-0.05, 0) is 150 Å². The van der Waals surface area contributed by atoms with Crippen LogP contribution in [0.1, 0.15) is 147 Å². The Labute approximate surface area is 840 Å². The molecular weight excluding hydrogens is 1940 g/mol. The molecule has 796 valence electrons. The molecule has 31 N–H and O–H groups in total. The van der Waals surface area contributed by atoms with E-state index in [0.29, 0.717) is 16.7 Å². The first-order chi connectivity index (χ1) is 68.9. The van der Waals surface area contributed by atoms with Gasteiger partial charge < -0.3 is 153 Å². The summed E-state index contributed by atoms with van der Waals surface area (Å²) in [4.78, 5) is 326. The van der Waals surface area contributed by atoms with E-state index in [4.69, 9.17) is 28.7 Å². The Morgan fingerprint density at radius 1 is 0.418 bits per heavy atom. The van der Waals surface area contributed by atoms with E-state index in [2.05, 4.69) is 79.1 Å². The van der Waals surface area contributed by atoms with E-state index in [1.54, 1.807) is 20.1 Å². The number of primary amides is 4. The number of phenolic OH excluding ortho intramolecular Hbond substituents is 3. The summed E-state index contributed by atoms with van der Waals surface area (Å²) in [7, 11) is 0. The van der Waals surface area contributed by atoms with Crippen molar-refractivity contribution < 1.29 is 141 Å². The second kappa shape index (κ2) is 56.4. The van der Waals surface area contributed by atoms with Crippen LogP contribution in [0.4, 0.5) is 0 Å². The van der Waals surface area contributed by atoms with E-state index in [0.717, 1.165) is 25.7 Å². The van der Waals surface area contributed by atoms with Gasteiger partial charge in [-0.15, -0.1) is 0 Å². The summed E-state index contributed by atoms with van der Waals surface area (Å²) in [5, 5.41) is 94.2. The lowest BCUT2D eigenvalue weighted by atomic mass is 10.00. The Kier molecular flexibility index (Phi) is 45.3. The van der Waals surface area contributed by atoms with E-state index < -0.39 is 302 Å². The highest BCUT2D eigenvalue weighted by atomic mass is 32.2. The molecule has 0 unspecified atom stereocenters. The highest BCUT2D eigenvalue weighted by molar-refractivity contribution is 7.98. The van der Waals surface area contributed by atoms with Crippen molar-refractivity contribution in [3.05, 3.63) is 108 Å². The number of hydrogen-bond donors (Lipinski definition) is 26. The molecule has 0 bridgehead atoms. The zero-order valence-electron chi connectivity index (χ0n) is 81.0. The summed E-state index contributed by atoms with van der Waals surface area (Å²) < 4.78 is 0. The van der Waals surface area contributed by atoms with Gasteiger partial charge in [-0.1, -0.05) is 50.2 Å². The zero-order chi connectivity index (χ0) is 108. The van der Waals surface area contributed by atoms with Crippen LogP contribution in [0.2, 0.25) is 0 Å². The highest BCUT2D eigenvalue weighted by Crippen LogP contribution is 2.30. The van der Waals surface area contributed by atoms with Crippen LogP contribution in [-0.4, -0.2) is 338 Å². The number of carbonyl (C=O) groups excluding carboxylic acids is 21. The molecule has 7 rings (SSSR count). The number of aromatic hydroxyl groups is 3. The number of nitrogens with zero attached hydrogens (tertiary/aromatic N) is 4. The number of nitrogens with two attached hydrogens (primary N) is 5. The largest absolute Gasteiger partial charge is 0.508 e. The maximum Gasteiger partial charge on any atom is 0.326 e. The van der Waals surface area contributed by atoms with Gasteiger partial charge in [0, 0.05) is 63.6 Å². The lowest BCUT2D eigenvalue weighted by Crippen LogP contribution is -2.62. The number of hydrogen-bond acceptors (Lipinski definition) is 30. The van der Waals surface area contributed by atoms with Crippen molar-refractivity contribution in [1.82, 2.24) is 99.1 Å². The van der Waals surface area contributed by atoms with Crippen molar-refractivity contribution in [3.63, 3.8) is 0 Å². The number of carboxylic acids is 2. The molecule has 21 amide bonds. The number of aliphatic hydroxyl groups excluding tert-OH is 1. The molecule has 3 aliphatic rings. The fourth-order valence-corrected chi connectivity index (χ4v) is 16.7. The number of nitrogens with one attached hydrogen (secondary N) is 15. The van der Waals surface area contributed by atoms with Gasteiger partial charge >= 0.3 is 11.9 Å². The first kappa shape index (κ1) is 117. The van der Waals surface area contributed by atoms with Crippen molar-refractivity contribution in [1.29, 1.82) is 0 Å². The van der Waals surface area contributed by atoms with Crippen molar-refractivity contribution in [2.24, 2.45) is 34.6 Å². The van der Waals surface area contributed by atoms with Gasteiger partial charge in [0.25, 0.3) is 0 Å². The summed E-state index contributed by atoms with van der Waals surface area (Å²) in [5.74, 6) is -25.7. The zero-order valence-corrected chi connectivity index (χ0v) is 81.8. The number of H-pyrrole nitrogens is 1. The minimum atomic E-state index is -1.99. The van der Waals surface area contributed by atoms with Crippen LogP contribution in [0.5, 0.6) is 17.2 Å². The molecule has 0 saturated carbocycles. The second-order valence-electron chi connectivity index (χ2n) is 36.0. The first-order valence-electron chi connectivity index (χ1n) is 46.9. The molecule has 3 aliphatic heterocycles. The molecular formula is C92H128N24O29S. The van der Waals surface area contributed by atoms with Crippen LogP contribution < -0.4 is 103 Å². The van der Waals surface area contributed by atoms with Gasteiger partial charge in [-0.25, -0.2) is 9.78 Å². The summed E-state index contributed by atoms with van der Waals surface area (Å²) >= 11 is 1.23. The normalized spacial score (nSPS) is 17.3. The highest BCUT2D eigenvalue weighted by Gasteiger charge is 2.49. The van der Waals surface area contributed by atoms with Gasteiger partial charge in [0.2, 0.25) is 124 Å². The number of rotatable bonds is 57. The molecule has 0 spiro atoms. The lowest BCUT2D eigenvalue weighted by Gasteiger charge is -2.35. The molecule has 146 heavy (non-hydrogen) atoms. The summed E-state index contributed by atoms with van der Waals surface area (Å²) in [6.07, 6.45) is -3.16. The number of aliphatic hydroxyl groups is 1. The third-order valence-corrected chi connectivity index (χ3v) is 24.5. The molecule has 0 aliphatic carbocycles. The van der Waals surface area contributed by atoms with Crippen LogP contribution >= 0.6 is 11.8 Å². The molecule has 0 radical (unpaired) electrons. The van der Waals surface area contributed by atoms with Gasteiger partial charge in [0.05, 0.1) is 50.7 Å². The Bertz CT molecular complexity index is 5370. The molecule has 4 aromatic rings. The minimum Gasteiger partial charge on any atom is -0.508 e. The number of imidazole rings is 1. The number of phenols is 3. The number of carboxylic acid groups (broad SMARTS) is 2. The number of aliphatic carboxylic acids is 2. The number of benzene rings is 3. The maximum atomic E-state index is 15.1. The first-order valence-corrected chi connectivity index (χ1v) is 48.2. The molecule has 3 aromatic carbocycles. The number of carbonyl (C=O) groups is 23. The quantitative estimate of drug-likeness (QED) is 0.0195. The van der Waals surface area contributed by atoms with Crippen molar-refractivity contribution in [2.45, 2.75) is 259 Å². The Hall–Kier alpha value is -15.7. The smallest absolute Gasteiger partial charge is 0.326 e. The molecule has 1 aromatic heterocycles. The SMILES string of the molecule is CSCC[C@H](NC(=O)[C@H](Cc1ccc(O)cc1)NC(=O)[C@@H](NC(=O)[C@@H](N)CC(N)=O)[C@@H](C)O)C(=O)N[C@@H](CCC(N)=O)C(=O)N[C@@H](Cc1ccc(O)cc1)C(=O)N[C@@H](CC(C)C)C(=O)N[C@@H](CC(N)=O)C(=O)N1CCC[C@H]1C(=O)N1CCC[C@H]1C(=O)N1CCC[C@H]1C(=O)N[C@@H](Cc1ccc(O)cc1)C(=O)N[C@@H](C)C(=O)N[C@@H](CC(=O)O)C(=O)N[C@@H](Cc1cnc[nH]1)C(=O)NCC(=O)N[C@@H](C)C(=O)N[C@@H](CC(N)=O)C(=O)O. The fraction of sp³-hybridized carbons (Fsp3) is 0.522. The van der Waals surface area contributed by atoms with Crippen molar-refractivity contribution in [2.75, 3.05) is 38.2 Å². The van der Waals surface area contributed by atoms with E-state index in [1.165, 1.54) is 107 Å². The standard InChI is InChI=1S/C92H128N24O29S/c1-44(2)32-58(106-85(137)60(34-49-15-21-53(119)22-16-49)107-80(132)56(25-26-69(94)121)103-81(133)57(27-31-146-6)104-84(136)61(35-50-17-23-54(120)24-18-50)110-88(140)75(47(5)117)113-78(130)55(93)37-70(95)122)83(135)111-64(38-71(96)123)89(141)115-29-8-11-67(115)91(143)116-30-9-12-68(116)90(142)114-28-7-10-66(114)87(139)109-59(33-48-13-19-52(118)20-14-48)82(134)102-46(4)77(129)105-63(40-74(126)127)86(138)108-62(36-51-41-98-43-100-51)79(131)99-42-73(125)101-45(3)76(128)112-65(92(144)145)39-72(97)124/h13-24,41,43-47,55-68,75,117-120H,7-12,25-40,42,93H2,1-6H3,(H2,94,121)(H2,95,122)(H2,96,123)(H2,97,124)(H,98,100)(H,99,131)(H,101,125)(H,102,134)(H,103,133)(H,104,136)(H,105,129)(H,106,137)(H,107,132)(H,108,138)(H,109,139)(H,110,140)(H,111,135)(H,112,128)(H,113,130)(H,126,127)(H,144,145)/t45-,46-,47+,55-,56-,57-,58-,59-,60-,61-,62-,63-,64-,65-,66-,67-,68-,75-/m0/s1. The van der Waals surface area contributed by atoms with Gasteiger partial charge in [0.1, 0.15) is 114 Å². The Balaban J connectivity index is 1.04. The summed E-state index contributed by atoms with van der Waals surface area (Å²) in [6.45, 7) is 5.68. The van der Waals surface area contributed by atoms with E-state index in [-0.39, 0.29) is 119 Å². The van der Waals surface area contributed by atoms with E-state index >= 15 is 19.2 Å². The molecule has 3 fully saturated rings. The Morgan fingerprint density at radius 3 is 1.28 bits per heavy atom. The van der Waals surface area contributed by atoms with Crippen LogP contribution in [-0.2, 0) is 136 Å². The lowest BCUT2D eigenvalue weighted by molar-refractivity contribution is -0.151. The number of aromatic amines is 1. The Morgan fingerprint density at radius 2 is 0.815 bits per heavy atom. The molecule has 53 nitrogen and oxygen atoms in total. The molecule has 3 saturated heterocycles. The number of likely N-dealkylation sites (tertiary alicyclic amines) is 3. The topological polar surface area (TPSA) is 851 Å². The van der Waals surface area contributed by atoms with Crippen molar-refractivity contribution in [3.8, 4) is 17.2 Å². The molecule has 18 atom stereocenters. The third kappa shape index (κ3) is 37.0. The van der Waals surface area contributed by atoms with Crippen LogP contribution in [0.3, 0.4) is 0 Å². The number of aromatic nitrogens is 2. The summed E-state index contributed by atoms with van der Waals surface area (Å²) in [5.41, 5.74) is 28.6.